The van der Waals surface area contributed by atoms with Crippen molar-refractivity contribution in [1.29, 1.82) is 0 Å². The summed E-state index contributed by atoms with van der Waals surface area (Å²) in [5.41, 5.74) is 7.95. The summed E-state index contributed by atoms with van der Waals surface area (Å²) in [5.74, 6) is 0.300. The van der Waals surface area contributed by atoms with Crippen molar-refractivity contribution in [2.45, 2.75) is 13.0 Å². The first-order chi connectivity index (χ1) is 11.1. The number of anilines is 1. The van der Waals surface area contributed by atoms with E-state index in [1.165, 1.54) is 5.56 Å². The highest BCUT2D eigenvalue weighted by atomic mass is 32.1. The Morgan fingerprint density at radius 2 is 1.96 bits per heavy atom. The monoisotopic (exact) mass is 325 g/mol. The van der Waals surface area contributed by atoms with Crippen molar-refractivity contribution in [1.82, 2.24) is 0 Å². The molecule has 1 aromatic heterocycles. The van der Waals surface area contributed by atoms with E-state index in [1.807, 2.05) is 61.5 Å². The molecule has 23 heavy (non-hydrogen) atoms. The number of nitrogens with one attached hydrogen (secondary N) is 1. The summed E-state index contributed by atoms with van der Waals surface area (Å²) < 4.78 is 1.16. The molecule has 0 aliphatic heterocycles. The molecule has 0 saturated carbocycles. The summed E-state index contributed by atoms with van der Waals surface area (Å²) in [5, 5.41) is 14.5. The molecular formula is C18H19N3OS. The highest BCUT2D eigenvalue weighted by molar-refractivity contribution is 7.19. The molecule has 0 spiro atoms. The van der Waals surface area contributed by atoms with Crippen LogP contribution in [0, 0.1) is 6.92 Å². The van der Waals surface area contributed by atoms with Gasteiger partial charge in [0.25, 0.3) is 0 Å². The van der Waals surface area contributed by atoms with Crippen LogP contribution in [0.25, 0.3) is 10.1 Å². The Balaban J connectivity index is 1.64. The van der Waals surface area contributed by atoms with Crippen LogP contribution in [0.1, 0.15) is 16.5 Å². The Morgan fingerprint density at radius 3 is 2.70 bits per heavy atom. The number of aliphatic hydroxyl groups excluding tert-OH is 1. The SMILES string of the molecule is Cc1ccc(NC(N)=NCC(O)c2cc3ccccc3s2)cc1. The minimum Gasteiger partial charge on any atom is -0.386 e. The molecule has 1 heterocycles. The smallest absolute Gasteiger partial charge is 0.193 e. The molecular weight excluding hydrogens is 306 g/mol. The fraction of sp³-hybridized carbons (Fsp3) is 0.167. The molecule has 0 bridgehead atoms. The summed E-state index contributed by atoms with van der Waals surface area (Å²) in [6, 6.07) is 18.0. The summed E-state index contributed by atoms with van der Waals surface area (Å²) in [6.07, 6.45) is -0.647. The zero-order valence-electron chi connectivity index (χ0n) is 12.9. The van der Waals surface area contributed by atoms with Crippen LogP contribution in [-0.2, 0) is 0 Å². The second-order valence-corrected chi connectivity index (χ2v) is 6.53. The second-order valence-electron chi connectivity index (χ2n) is 5.42. The average molecular weight is 325 g/mol. The molecule has 5 heteroatoms. The maximum absolute atomic E-state index is 10.3. The van der Waals surface area contributed by atoms with Crippen molar-refractivity contribution >= 4 is 33.1 Å². The lowest BCUT2D eigenvalue weighted by molar-refractivity contribution is 0.191. The number of nitrogens with two attached hydrogens (primary N) is 1. The van der Waals surface area contributed by atoms with Gasteiger partial charge in [-0.3, -0.25) is 4.99 Å². The van der Waals surface area contributed by atoms with Crippen molar-refractivity contribution in [2.75, 3.05) is 11.9 Å². The lowest BCUT2D eigenvalue weighted by Crippen LogP contribution is -2.23. The highest BCUT2D eigenvalue weighted by Crippen LogP contribution is 2.29. The summed E-state index contributed by atoms with van der Waals surface area (Å²) in [7, 11) is 0. The van der Waals surface area contributed by atoms with E-state index in [-0.39, 0.29) is 6.54 Å². The third-order valence-electron chi connectivity index (χ3n) is 3.53. The van der Waals surface area contributed by atoms with Gasteiger partial charge in [0, 0.05) is 15.3 Å². The molecule has 1 atom stereocenters. The van der Waals surface area contributed by atoms with Gasteiger partial charge in [-0.15, -0.1) is 11.3 Å². The van der Waals surface area contributed by atoms with E-state index in [1.54, 1.807) is 11.3 Å². The van der Waals surface area contributed by atoms with Crippen molar-refractivity contribution < 1.29 is 5.11 Å². The minimum absolute atomic E-state index is 0.234. The van der Waals surface area contributed by atoms with Crippen LogP contribution in [0.5, 0.6) is 0 Å². The molecule has 118 valence electrons. The first-order valence-corrected chi connectivity index (χ1v) is 8.23. The van der Waals surface area contributed by atoms with Crippen LogP contribution in [0.15, 0.2) is 59.6 Å². The van der Waals surface area contributed by atoms with E-state index in [9.17, 15) is 5.11 Å². The summed E-state index contributed by atoms with van der Waals surface area (Å²) in [6.45, 7) is 2.26. The largest absolute Gasteiger partial charge is 0.386 e. The topological polar surface area (TPSA) is 70.6 Å². The number of thiophene rings is 1. The molecule has 2 aromatic carbocycles. The van der Waals surface area contributed by atoms with E-state index in [2.05, 4.69) is 10.3 Å². The van der Waals surface area contributed by atoms with Gasteiger partial charge in [0.05, 0.1) is 6.54 Å². The van der Waals surface area contributed by atoms with Crippen molar-refractivity contribution in [3.63, 3.8) is 0 Å². The third-order valence-corrected chi connectivity index (χ3v) is 4.75. The standard InChI is InChI=1S/C18H19N3OS/c1-12-6-8-14(9-7-12)21-18(19)20-11-15(22)17-10-13-4-2-3-5-16(13)23-17/h2-10,15,22H,11H2,1H3,(H3,19,20,21). The van der Waals surface area contributed by atoms with Gasteiger partial charge in [-0.2, -0.15) is 0 Å². The minimum atomic E-state index is -0.647. The summed E-state index contributed by atoms with van der Waals surface area (Å²) >= 11 is 1.58. The average Bonchev–Trinajstić information content (AvgIpc) is 2.99. The molecule has 3 aromatic rings. The lowest BCUT2D eigenvalue weighted by atomic mass is 10.2. The molecule has 3 rings (SSSR count). The van der Waals surface area contributed by atoms with Crippen molar-refractivity contribution in [2.24, 2.45) is 10.7 Å². The van der Waals surface area contributed by atoms with E-state index in [0.717, 1.165) is 20.7 Å². The van der Waals surface area contributed by atoms with Gasteiger partial charge in [0.1, 0.15) is 6.10 Å². The van der Waals surface area contributed by atoms with Gasteiger partial charge >= 0.3 is 0 Å². The van der Waals surface area contributed by atoms with Gasteiger partial charge in [-0.1, -0.05) is 35.9 Å². The third kappa shape index (κ3) is 3.88. The molecule has 0 fully saturated rings. The van der Waals surface area contributed by atoms with Gasteiger partial charge in [0.15, 0.2) is 5.96 Å². The molecule has 0 radical (unpaired) electrons. The normalized spacial score (nSPS) is 13.2. The lowest BCUT2D eigenvalue weighted by Gasteiger charge is -2.08. The number of nitrogens with zero attached hydrogens (tertiary/aromatic N) is 1. The zero-order valence-corrected chi connectivity index (χ0v) is 13.7. The zero-order chi connectivity index (χ0) is 16.2. The molecule has 4 N–H and O–H groups in total. The maximum atomic E-state index is 10.3. The van der Waals surface area contributed by atoms with Crippen molar-refractivity contribution in [3.8, 4) is 0 Å². The van der Waals surface area contributed by atoms with Crippen LogP contribution in [0.4, 0.5) is 5.69 Å². The van der Waals surface area contributed by atoms with Gasteiger partial charge in [0.2, 0.25) is 0 Å². The number of benzene rings is 2. The van der Waals surface area contributed by atoms with Crippen LogP contribution in [-0.4, -0.2) is 17.6 Å². The van der Waals surface area contributed by atoms with Crippen molar-refractivity contribution in [3.05, 3.63) is 65.0 Å². The number of rotatable bonds is 4. The fourth-order valence-electron chi connectivity index (χ4n) is 2.27. The molecule has 4 nitrogen and oxygen atoms in total. The van der Waals surface area contributed by atoms with E-state index < -0.39 is 6.10 Å². The number of aryl methyl sites for hydroxylation is 1. The van der Waals surface area contributed by atoms with Gasteiger partial charge in [-0.25, -0.2) is 0 Å². The second kappa shape index (κ2) is 6.81. The predicted octanol–water partition coefficient (Wildman–Crippen LogP) is 3.67. The Kier molecular flexibility index (Phi) is 4.60. The van der Waals surface area contributed by atoms with E-state index >= 15 is 0 Å². The summed E-state index contributed by atoms with van der Waals surface area (Å²) in [4.78, 5) is 5.13. The van der Waals surface area contributed by atoms with Crippen LogP contribution in [0.2, 0.25) is 0 Å². The number of aliphatic hydroxyl groups is 1. The first kappa shape index (κ1) is 15.5. The Bertz CT molecular complexity index is 791. The Labute approximate surface area is 139 Å². The molecule has 0 amide bonds. The van der Waals surface area contributed by atoms with Gasteiger partial charge in [-0.05, 0) is 36.6 Å². The fourth-order valence-corrected chi connectivity index (χ4v) is 3.31. The van der Waals surface area contributed by atoms with Crippen LogP contribution in [0.3, 0.4) is 0 Å². The Morgan fingerprint density at radius 1 is 1.22 bits per heavy atom. The number of fused-ring (bicyclic) bond motifs is 1. The van der Waals surface area contributed by atoms with Gasteiger partial charge < -0.3 is 16.2 Å². The highest BCUT2D eigenvalue weighted by Gasteiger charge is 2.11. The molecule has 0 saturated heterocycles. The quantitative estimate of drug-likeness (QED) is 0.506. The van der Waals surface area contributed by atoms with E-state index in [4.69, 9.17) is 5.73 Å². The maximum Gasteiger partial charge on any atom is 0.193 e. The van der Waals surface area contributed by atoms with E-state index in [0.29, 0.717) is 5.96 Å². The van der Waals surface area contributed by atoms with Crippen LogP contribution < -0.4 is 11.1 Å². The molecule has 0 aliphatic rings. The first-order valence-electron chi connectivity index (χ1n) is 7.42. The number of guanidine groups is 1. The molecule has 1 unspecified atom stereocenters. The predicted molar refractivity (Wildman–Crippen MR) is 98.1 cm³/mol. The molecule has 0 aliphatic carbocycles. The Hall–Kier alpha value is -2.37. The van der Waals surface area contributed by atoms with Crippen LogP contribution >= 0.6 is 11.3 Å². The number of hydrogen-bond donors (Lipinski definition) is 3. The number of aliphatic imine (C=N–C) groups is 1. The number of hydrogen-bond acceptors (Lipinski definition) is 3.